The maximum Gasteiger partial charge on any atom is 0.343 e. The molecule has 0 radical (unpaired) electrons. The number of cyclic esters (lactones) is 1. The Morgan fingerprint density at radius 1 is 0.850 bits per heavy atom. The van der Waals surface area contributed by atoms with Crippen LogP contribution in [0.4, 0.5) is 4.39 Å². The molecule has 22 heteroatoms. The largest absolute Gasteiger partial charge is 0.458 e. The van der Waals surface area contributed by atoms with Gasteiger partial charge in [-0.25, -0.2) is 14.2 Å². The van der Waals surface area contributed by atoms with Gasteiger partial charge in [0.15, 0.2) is 17.2 Å². The van der Waals surface area contributed by atoms with Gasteiger partial charge in [0.2, 0.25) is 23.6 Å². The molecule has 3 aliphatic heterocycles. The van der Waals surface area contributed by atoms with Crippen molar-refractivity contribution in [2.45, 2.75) is 128 Å². The van der Waals surface area contributed by atoms with Gasteiger partial charge < -0.3 is 40.8 Å². The first-order valence-electron chi connectivity index (χ1n) is 27.3. The Morgan fingerprint density at radius 3 is 2.33 bits per heavy atom. The summed E-state index contributed by atoms with van der Waals surface area (Å²) in [6, 6.07) is 10.4. The van der Waals surface area contributed by atoms with E-state index < -0.39 is 52.6 Å². The van der Waals surface area contributed by atoms with E-state index in [0.717, 1.165) is 16.0 Å². The van der Waals surface area contributed by atoms with E-state index in [1.807, 2.05) is 11.0 Å². The molecular formula is C58H67FN8O13. The fourth-order valence-corrected chi connectivity index (χ4v) is 10.9. The molecule has 2 aromatic heterocycles. The topological polar surface area (TPSA) is 293 Å². The summed E-state index contributed by atoms with van der Waals surface area (Å²) in [6.45, 7) is 3.64. The molecule has 1 unspecified atom stereocenters. The predicted molar refractivity (Wildman–Crippen MR) is 287 cm³/mol. The van der Waals surface area contributed by atoms with Gasteiger partial charge in [0.1, 0.15) is 12.4 Å². The van der Waals surface area contributed by atoms with Gasteiger partial charge >= 0.3 is 5.97 Å². The standard InChI is InChI=1S/C58H67FN8O13/c1-3-58(79)40-29-45-55-38(32-67(45)56(77)39(40)33-80-57(58)78)54-42(15-14-37-34(2)41(59)30-44(64-55)53(37)54)62-50(74)21-24-65(26-27-68)25-22-60-48(72)18-16-46(70)43(28-35-10-6-4-7-11-35)63-49(73)17-13-36(69)31-61-47(71)12-8-5-9-23-66-51(75)19-20-52(66)76/h4,6-7,10-11,19-20,29-30,42-43,68,79H,3,5,8-9,12-18,21-28,31-33H2,1-2H3,(H,60,72)(H,61,71)(H,62,74)(H,63,73)/t42-,43?,58-/m0/s1. The Hall–Kier alpha value is -7.82. The number of nitrogens with zero attached hydrogens (tertiary/aromatic N) is 4. The average molecular weight is 1100 g/mol. The molecule has 5 heterocycles. The molecule has 0 spiro atoms. The van der Waals surface area contributed by atoms with Crippen molar-refractivity contribution in [2.24, 2.45) is 0 Å². The summed E-state index contributed by atoms with van der Waals surface area (Å²) in [5.41, 5.74) is 2.26. The highest BCUT2D eigenvalue weighted by Crippen LogP contribution is 2.46. The van der Waals surface area contributed by atoms with Crippen LogP contribution < -0.4 is 26.8 Å². The number of carbonyl (C=O) groups excluding carboxylic acids is 9. The van der Waals surface area contributed by atoms with Crippen LogP contribution >= 0.6 is 0 Å². The van der Waals surface area contributed by atoms with Gasteiger partial charge in [-0.1, -0.05) is 43.7 Å². The molecule has 1 aliphatic carbocycles. The zero-order chi connectivity index (χ0) is 57.3. The van der Waals surface area contributed by atoms with Crippen LogP contribution in [0.25, 0.3) is 22.3 Å². The van der Waals surface area contributed by atoms with Gasteiger partial charge in [-0.2, -0.15) is 0 Å². The lowest BCUT2D eigenvalue weighted by molar-refractivity contribution is -0.172. The SMILES string of the molecule is CC[C@@]1(O)C(=O)OCc2c1cc1n(c2=O)Cc2c-1nc1cc(F)c(C)c3c1c2[C@@H](NC(=O)CCN(CCO)CCNC(=O)CCC(=O)C(Cc1ccccc1)NC(=O)CCC(=O)CNC(=O)CCCCCN1C(=O)C=CC1=O)CC3. The molecular weight excluding hydrogens is 1040 g/mol. The maximum absolute atomic E-state index is 15.5. The van der Waals surface area contributed by atoms with E-state index in [1.54, 1.807) is 44.2 Å². The monoisotopic (exact) mass is 1100 g/mol. The van der Waals surface area contributed by atoms with Gasteiger partial charge in [-0.05, 0) is 73.8 Å². The molecule has 0 saturated carbocycles. The molecule has 424 valence electrons. The van der Waals surface area contributed by atoms with E-state index in [1.165, 1.54) is 22.8 Å². The summed E-state index contributed by atoms with van der Waals surface area (Å²) in [4.78, 5) is 136. The number of ketones is 2. The van der Waals surface area contributed by atoms with Gasteiger partial charge in [-0.3, -0.25) is 53.0 Å². The number of hydrogen-bond donors (Lipinski definition) is 6. The molecule has 0 fully saturated rings. The van der Waals surface area contributed by atoms with Crippen molar-refractivity contribution < 1.29 is 62.5 Å². The second kappa shape index (κ2) is 26.0. The highest BCUT2D eigenvalue weighted by Gasteiger charge is 2.46. The Bertz CT molecular complexity index is 3200. The number of halogens is 1. The van der Waals surface area contributed by atoms with E-state index >= 15 is 4.39 Å². The zero-order valence-electron chi connectivity index (χ0n) is 45.0. The number of rotatable bonds is 28. The van der Waals surface area contributed by atoms with Crippen molar-refractivity contribution in [3.63, 3.8) is 0 Å². The van der Waals surface area contributed by atoms with Crippen LogP contribution in [0.2, 0.25) is 0 Å². The Morgan fingerprint density at radius 2 is 1.59 bits per heavy atom. The Kier molecular flexibility index (Phi) is 18.9. The van der Waals surface area contributed by atoms with Crippen molar-refractivity contribution in [1.29, 1.82) is 0 Å². The minimum absolute atomic E-state index is 0.00997. The molecule has 4 aromatic rings. The number of carbonyl (C=O) groups is 9. The number of amides is 6. The number of ether oxygens (including phenoxy) is 1. The van der Waals surface area contributed by atoms with E-state index in [9.17, 15) is 58.2 Å². The average Bonchev–Trinajstić information content (AvgIpc) is 4.15. The number of aliphatic hydroxyl groups excluding tert-OH is 1. The second-order valence-corrected chi connectivity index (χ2v) is 20.7. The molecule has 4 aliphatic rings. The Labute approximate surface area is 460 Å². The number of aliphatic hydroxyl groups is 2. The molecule has 80 heavy (non-hydrogen) atoms. The number of hydrogen-bond acceptors (Lipinski definition) is 15. The molecule has 8 rings (SSSR count). The molecule has 2 aromatic carbocycles. The van der Waals surface area contributed by atoms with Crippen molar-refractivity contribution in [3.8, 4) is 11.4 Å². The predicted octanol–water partition coefficient (Wildman–Crippen LogP) is 2.46. The first-order valence-corrected chi connectivity index (χ1v) is 27.3. The number of nitrogens with one attached hydrogen (secondary N) is 4. The molecule has 21 nitrogen and oxygen atoms in total. The zero-order valence-corrected chi connectivity index (χ0v) is 45.0. The summed E-state index contributed by atoms with van der Waals surface area (Å²) in [6.07, 6.45) is 4.38. The molecule has 6 amide bonds. The van der Waals surface area contributed by atoms with Crippen LogP contribution in [-0.4, -0.2) is 134 Å². The van der Waals surface area contributed by atoms with Crippen molar-refractivity contribution in [1.82, 2.24) is 40.6 Å². The third-order valence-electron chi connectivity index (χ3n) is 15.4. The van der Waals surface area contributed by atoms with E-state index in [4.69, 9.17) is 9.72 Å². The quantitative estimate of drug-likeness (QED) is 0.0238. The minimum atomic E-state index is -2.04. The molecule has 3 atom stereocenters. The second-order valence-electron chi connectivity index (χ2n) is 20.7. The van der Waals surface area contributed by atoms with Crippen LogP contribution in [0.1, 0.15) is 123 Å². The van der Waals surface area contributed by atoms with Gasteiger partial charge in [0.05, 0.1) is 54.2 Å². The van der Waals surface area contributed by atoms with Crippen LogP contribution in [0.3, 0.4) is 0 Å². The fourth-order valence-electron chi connectivity index (χ4n) is 10.9. The first-order chi connectivity index (χ1) is 38.4. The number of unbranched alkanes of at least 4 members (excludes halogenated alkanes) is 2. The van der Waals surface area contributed by atoms with Gasteiger partial charge in [0.25, 0.3) is 17.4 Å². The smallest absolute Gasteiger partial charge is 0.343 e. The Balaban J connectivity index is 0.804. The number of Topliss-reactive ketones (excluding diaryl/α,β-unsaturated/α-hetero) is 2. The summed E-state index contributed by atoms with van der Waals surface area (Å²) in [5, 5.41) is 33.2. The van der Waals surface area contributed by atoms with Crippen molar-refractivity contribution in [3.05, 3.63) is 110 Å². The number of aromatic nitrogens is 2. The minimum Gasteiger partial charge on any atom is -0.458 e. The summed E-state index contributed by atoms with van der Waals surface area (Å²) in [7, 11) is 0. The molecule has 0 saturated heterocycles. The van der Waals surface area contributed by atoms with Gasteiger partial charge in [-0.15, -0.1) is 0 Å². The van der Waals surface area contributed by atoms with Crippen molar-refractivity contribution >= 4 is 63.9 Å². The highest BCUT2D eigenvalue weighted by atomic mass is 19.1. The van der Waals surface area contributed by atoms with Crippen LogP contribution in [0, 0.1) is 12.7 Å². The highest BCUT2D eigenvalue weighted by molar-refractivity contribution is 6.12. The fraction of sp³-hybridized carbons (Fsp3) is 0.466. The van der Waals surface area contributed by atoms with E-state index in [2.05, 4.69) is 21.3 Å². The van der Waals surface area contributed by atoms with Crippen LogP contribution in [-0.2, 0) is 79.5 Å². The first kappa shape index (κ1) is 58.3. The van der Waals surface area contributed by atoms with Crippen LogP contribution in [0.15, 0.2) is 59.4 Å². The summed E-state index contributed by atoms with van der Waals surface area (Å²) in [5.74, 6) is -4.44. The summed E-state index contributed by atoms with van der Waals surface area (Å²) < 4.78 is 22.2. The van der Waals surface area contributed by atoms with E-state index in [-0.39, 0.29) is 151 Å². The third kappa shape index (κ3) is 13.3. The normalized spacial score (nSPS) is 17.2. The van der Waals surface area contributed by atoms with E-state index in [0.29, 0.717) is 71.1 Å². The summed E-state index contributed by atoms with van der Waals surface area (Å²) >= 11 is 0. The van der Waals surface area contributed by atoms with Gasteiger partial charge in [0, 0.05) is 106 Å². The lowest BCUT2D eigenvalue weighted by Gasteiger charge is -2.31. The molecule has 6 N–H and O–H groups in total. The lowest BCUT2D eigenvalue weighted by Crippen LogP contribution is -2.44. The lowest BCUT2D eigenvalue weighted by atomic mass is 9.81. The maximum atomic E-state index is 15.5. The van der Waals surface area contributed by atoms with Crippen LogP contribution in [0.5, 0.6) is 0 Å². The third-order valence-corrected chi connectivity index (χ3v) is 15.4. The number of esters is 1. The number of fused-ring (bicyclic) bond motifs is 5. The number of benzene rings is 2. The number of pyridine rings is 2. The van der Waals surface area contributed by atoms with Crippen molar-refractivity contribution in [2.75, 3.05) is 45.9 Å². The number of imide groups is 1. The number of aryl methyl sites for hydroxylation is 1. The molecule has 0 bridgehead atoms.